The summed E-state index contributed by atoms with van der Waals surface area (Å²) < 4.78 is 26.5. The normalized spacial score (nSPS) is 11.0. The molecule has 0 saturated heterocycles. The highest BCUT2D eigenvalue weighted by atomic mass is 32.2. The minimum atomic E-state index is -3.99. The molecule has 30 heavy (non-hydrogen) atoms. The Kier molecular flexibility index (Phi) is 7.19. The molecular formula is C20H22N4O5S. The third-order valence-electron chi connectivity index (χ3n) is 3.95. The van der Waals surface area contributed by atoms with Crippen molar-refractivity contribution < 1.29 is 23.1 Å². The maximum Gasteiger partial charge on any atom is 0.336 e. The summed E-state index contributed by atoms with van der Waals surface area (Å²) in [4.78, 5) is 28.7. The number of aromatic nitrogens is 3. The van der Waals surface area contributed by atoms with Crippen LogP contribution in [0.1, 0.15) is 40.1 Å². The Labute approximate surface area is 174 Å². The van der Waals surface area contributed by atoms with Crippen LogP contribution in [-0.4, -0.2) is 57.8 Å². The van der Waals surface area contributed by atoms with E-state index in [1.54, 1.807) is 18.2 Å². The standard InChI is InChI=1S/C18H16N4O5S.C2H6/c1-21(2)28(26,27)22-11-14(16(20-22)15-9-5-6-10-19-15)17(23)12-7-3-4-8-13(12)18(24)25;1-2/h3-11H,1-2H3,(H,24,25);1-2H3. The topological polar surface area (TPSA) is 122 Å². The van der Waals surface area contributed by atoms with Crippen LogP contribution in [0.25, 0.3) is 11.4 Å². The monoisotopic (exact) mass is 430 g/mol. The maximum absolute atomic E-state index is 13.1. The summed E-state index contributed by atoms with van der Waals surface area (Å²) in [5.74, 6) is -1.93. The van der Waals surface area contributed by atoms with Gasteiger partial charge in [-0.1, -0.05) is 38.1 Å². The van der Waals surface area contributed by atoms with Crippen LogP contribution in [0.2, 0.25) is 0 Å². The fourth-order valence-corrected chi connectivity index (χ4v) is 3.27. The lowest BCUT2D eigenvalue weighted by molar-refractivity contribution is 0.0692. The van der Waals surface area contributed by atoms with E-state index in [0.29, 0.717) is 4.09 Å². The van der Waals surface area contributed by atoms with Gasteiger partial charge in [0.1, 0.15) is 5.69 Å². The van der Waals surface area contributed by atoms with Gasteiger partial charge in [0.05, 0.1) is 23.0 Å². The smallest absolute Gasteiger partial charge is 0.336 e. The summed E-state index contributed by atoms with van der Waals surface area (Å²) in [5.41, 5.74) is -0.0166. The van der Waals surface area contributed by atoms with Crippen molar-refractivity contribution in [2.45, 2.75) is 13.8 Å². The van der Waals surface area contributed by atoms with Crippen molar-refractivity contribution >= 4 is 22.0 Å². The highest BCUT2D eigenvalue weighted by Crippen LogP contribution is 2.25. The van der Waals surface area contributed by atoms with Crippen LogP contribution in [0.5, 0.6) is 0 Å². The maximum atomic E-state index is 13.1. The number of hydrogen-bond donors (Lipinski definition) is 1. The number of aromatic carboxylic acids is 1. The highest BCUT2D eigenvalue weighted by Gasteiger charge is 2.27. The van der Waals surface area contributed by atoms with E-state index in [2.05, 4.69) is 10.1 Å². The average molecular weight is 430 g/mol. The average Bonchev–Trinajstić information content (AvgIpc) is 3.21. The van der Waals surface area contributed by atoms with Gasteiger partial charge in [0, 0.05) is 25.9 Å². The summed E-state index contributed by atoms with van der Waals surface area (Å²) in [6.07, 6.45) is 2.55. The first kappa shape index (κ1) is 22.9. The summed E-state index contributed by atoms with van der Waals surface area (Å²) in [7, 11) is -1.32. The Morgan fingerprint density at radius 1 is 0.967 bits per heavy atom. The zero-order valence-electron chi connectivity index (χ0n) is 17.0. The molecule has 2 heterocycles. The third kappa shape index (κ3) is 4.44. The zero-order chi connectivity index (χ0) is 22.5. The fourth-order valence-electron chi connectivity index (χ4n) is 2.51. The highest BCUT2D eigenvalue weighted by molar-refractivity contribution is 7.87. The molecule has 3 aromatic rings. The van der Waals surface area contributed by atoms with Gasteiger partial charge in [-0.05, 0) is 18.2 Å². The van der Waals surface area contributed by atoms with Gasteiger partial charge in [-0.15, -0.1) is 0 Å². The first-order valence-corrected chi connectivity index (χ1v) is 10.4. The van der Waals surface area contributed by atoms with Crippen LogP contribution in [0, 0.1) is 0 Å². The van der Waals surface area contributed by atoms with Gasteiger partial charge in [-0.3, -0.25) is 9.78 Å². The van der Waals surface area contributed by atoms with Gasteiger partial charge in [-0.2, -0.15) is 21.9 Å². The minimum Gasteiger partial charge on any atom is -0.478 e. The van der Waals surface area contributed by atoms with Crippen LogP contribution >= 0.6 is 0 Å². The van der Waals surface area contributed by atoms with Crippen molar-refractivity contribution in [3.63, 3.8) is 0 Å². The number of pyridine rings is 1. The van der Waals surface area contributed by atoms with Crippen molar-refractivity contribution in [1.82, 2.24) is 18.5 Å². The van der Waals surface area contributed by atoms with Crippen molar-refractivity contribution in [2.24, 2.45) is 0 Å². The molecule has 3 rings (SSSR count). The van der Waals surface area contributed by atoms with E-state index in [-0.39, 0.29) is 28.1 Å². The van der Waals surface area contributed by atoms with E-state index in [4.69, 9.17) is 0 Å². The molecule has 0 saturated carbocycles. The van der Waals surface area contributed by atoms with Crippen molar-refractivity contribution in [3.05, 3.63) is 71.5 Å². The molecule has 158 valence electrons. The summed E-state index contributed by atoms with van der Waals surface area (Å²) in [6.45, 7) is 4.00. The molecule has 2 aromatic heterocycles. The number of rotatable bonds is 6. The number of carboxylic acids is 1. The third-order valence-corrected chi connectivity index (χ3v) is 5.53. The van der Waals surface area contributed by atoms with Gasteiger partial charge in [0.25, 0.3) is 0 Å². The van der Waals surface area contributed by atoms with E-state index in [0.717, 1.165) is 10.5 Å². The van der Waals surface area contributed by atoms with E-state index < -0.39 is 22.0 Å². The second-order valence-electron chi connectivity index (χ2n) is 5.95. The number of benzene rings is 1. The van der Waals surface area contributed by atoms with E-state index in [1.807, 2.05) is 13.8 Å². The first-order valence-electron chi connectivity index (χ1n) is 9.04. The second kappa shape index (κ2) is 9.42. The lowest BCUT2D eigenvalue weighted by atomic mass is 9.98. The molecule has 0 aliphatic heterocycles. The zero-order valence-corrected chi connectivity index (χ0v) is 17.8. The number of carbonyl (C=O) groups is 2. The van der Waals surface area contributed by atoms with Crippen LogP contribution in [0.4, 0.5) is 0 Å². The van der Waals surface area contributed by atoms with E-state index >= 15 is 0 Å². The lowest BCUT2D eigenvalue weighted by Crippen LogP contribution is -2.29. The predicted molar refractivity (Wildman–Crippen MR) is 112 cm³/mol. The quantitative estimate of drug-likeness (QED) is 0.596. The molecule has 9 nitrogen and oxygen atoms in total. The summed E-state index contributed by atoms with van der Waals surface area (Å²) in [5, 5.41) is 13.4. The van der Waals surface area contributed by atoms with Crippen molar-refractivity contribution in [3.8, 4) is 11.4 Å². The minimum absolute atomic E-state index is 0.0382. The number of carboxylic acid groups (broad SMARTS) is 1. The van der Waals surface area contributed by atoms with Gasteiger partial charge in [0.15, 0.2) is 5.78 Å². The van der Waals surface area contributed by atoms with Gasteiger partial charge in [-0.25, -0.2) is 4.79 Å². The van der Waals surface area contributed by atoms with Gasteiger partial charge >= 0.3 is 16.2 Å². The molecule has 0 bridgehead atoms. The molecule has 0 atom stereocenters. The van der Waals surface area contributed by atoms with Crippen molar-refractivity contribution in [1.29, 1.82) is 0 Å². The molecular weight excluding hydrogens is 408 g/mol. The second-order valence-corrected chi connectivity index (χ2v) is 7.95. The predicted octanol–water partition coefficient (Wildman–Crippen LogP) is 2.56. The van der Waals surface area contributed by atoms with Gasteiger partial charge in [0.2, 0.25) is 0 Å². The number of hydrogen-bond acceptors (Lipinski definition) is 6. The molecule has 0 aliphatic rings. The van der Waals surface area contributed by atoms with Crippen LogP contribution in [-0.2, 0) is 10.2 Å². The first-order chi connectivity index (χ1) is 14.2. The van der Waals surface area contributed by atoms with E-state index in [9.17, 15) is 23.1 Å². The molecule has 1 aromatic carbocycles. The lowest BCUT2D eigenvalue weighted by Gasteiger charge is -2.10. The Hall–Kier alpha value is -3.37. The molecule has 0 radical (unpaired) electrons. The Balaban J connectivity index is 0.00000155. The number of ketones is 1. The van der Waals surface area contributed by atoms with Crippen LogP contribution in [0.15, 0.2) is 54.9 Å². The van der Waals surface area contributed by atoms with E-state index in [1.165, 1.54) is 44.6 Å². The molecule has 0 spiro atoms. The number of carbonyl (C=O) groups excluding carboxylic acids is 1. The number of nitrogens with zero attached hydrogens (tertiary/aromatic N) is 4. The largest absolute Gasteiger partial charge is 0.478 e. The Morgan fingerprint density at radius 2 is 1.57 bits per heavy atom. The van der Waals surface area contributed by atoms with Crippen LogP contribution < -0.4 is 0 Å². The van der Waals surface area contributed by atoms with Gasteiger partial charge < -0.3 is 5.11 Å². The SMILES string of the molecule is CC.CN(C)S(=O)(=O)n1cc(C(=O)c2ccccc2C(=O)O)c(-c2ccccn2)n1. The Morgan fingerprint density at radius 3 is 2.10 bits per heavy atom. The fraction of sp³-hybridized carbons (Fsp3) is 0.200. The molecule has 0 unspecified atom stereocenters. The molecule has 0 amide bonds. The molecule has 10 heteroatoms. The van der Waals surface area contributed by atoms with Crippen molar-refractivity contribution in [2.75, 3.05) is 14.1 Å². The summed E-state index contributed by atoms with van der Waals surface area (Å²) >= 11 is 0. The molecule has 0 aliphatic carbocycles. The molecule has 1 N–H and O–H groups in total. The molecule has 0 fully saturated rings. The summed E-state index contributed by atoms with van der Waals surface area (Å²) in [6, 6.07) is 10.6. The van der Waals surface area contributed by atoms with Crippen LogP contribution in [0.3, 0.4) is 0 Å². The Bertz CT molecular complexity index is 1150.